The Morgan fingerprint density at radius 2 is 0.745 bits per heavy atom. The Morgan fingerprint density at radius 3 is 1.47 bits per heavy atom. The lowest BCUT2D eigenvalue weighted by Gasteiger charge is -2.23. The first-order valence-corrected chi connectivity index (χ1v) is 19.3. The molecule has 0 N–H and O–H groups in total. The summed E-state index contributed by atoms with van der Waals surface area (Å²) in [6, 6.07) is 72.4. The van der Waals surface area contributed by atoms with Gasteiger partial charge in [-0.1, -0.05) is 190 Å². The highest BCUT2D eigenvalue weighted by Gasteiger charge is 2.37. The Labute approximate surface area is 322 Å². The Kier molecular flexibility index (Phi) is 7.00. The normalized spacial score (nSPS) is 13.1. The van der Waals surface area contributed by atoms with Gasteiger partial charge in [-0.3, -0.25) is 0 Å². The molecule has 10 aromatic carbocycles. The summed E-state index contributed by atoms with van der Waals surface area (Å²) in [5.74, 6) is 0. The van der Waals surface area contributed by atoms with Crippen LogP contribution in [0.2, 0.25) is 0 Å². The van der Waals surface area contributed by atoms with E-state index in [-0.39, 0.29) is 5.41 Å². The van der Waals surface area contributed by atoms with Crippen LogP contribution in [-0.2, 0) is 5.41 Å². The van der Waals surface area contributed by atoms with Gasteiger partial charge >= 0.3 is 0 Å². The highest BCUT2D eigenvalue weighted by atomic mass is 14.4. The van der Waals surface area contributed by atoms with Crippen LogP contribution in [0, 0.1) is 0 Å². The van der Waals surface area contributed by atoms with Crippen molar-refractivity contribution in [2.75, 3.05) is 0 Å². The van der Waals surface area contributed by atoms with Gasteiger partial charge in [-0.15, -0.1) is 0 Å². The Bertz CT molecular complexity index is 3180. The minimum Gasteiger partial charge on any atom is -0.0619 e. The second kappa shape index (κ2) is 12.1. The third-order valence-electron chi connectivity index (χ3n) is 12.2. The van der Waals surface area contributed by atoms with Gasteiger partial charge in [0.2, 0.25) is 0 Å². The van der Waals surface area contributed by atoms with Gasteiger partial charge < -0.3 is 0 Å². The van der Waals surface area contributed by atoms with Crippen molar-refractivity contribution in [2.24, 2.45) is 0 Å². The number of hydrogen-bond donors (Lipinski definition) is 0. The van der Waals surface area contributed by atoms with Crippen molar-refractivity contribution in [3.63, 3.8) is 0 Å². The summed E-state index contributed by atoms with van der Waals surface area (Å²) in [5.41, 5.74) is 15.4. The minimum atomic E-state index is -0.0947. The van der Waals surface area contributed by atoms with Crippen molar-refractivity contribution >= 4 is 43.1 Å². The SMILES string of the molecule is CC1(C)c2ccccc2-c2c(-c3c4ccccc4c(-c4ccccc4-c4ccc5ccccc5c4)c4ccc(-c5ccc6ccccc6c5)cc34)cccc21. The summed E-state index contributed by atoms with van der Waals surface area (Å²) in [5, 5.41) is 10.1. The Hall–Kier alpha value is -6.76. The number of hydrogen-bond acceptors (Lipinski definition) is 0. The summed E-state index contributed by atoms with van der Waals surface area (Å²) < 4.78 is 0. The molecule has 1 aliphatic carbocycles. The molecule has 0 amide bonds. The summed E-state index contributed by atoms with van der Waals surface area (Å²) in [4.78, 5) is 0. The molecule has 0 saturated heterocycles. The molecule has 0 fully saturated rings. The maximum Gasteiger partial charge on any atom is 0.0159 e. The largest absolute Gasteiger partial charge is 0.0619 e. The molecule has 0 bridgehead atoms. The van der Waals surface area contributed by atoms with Crippen molar-refractivity contribution in [3.05, 3.63) is 205 Å². The molecule has 1 aliphatic rings. The van der Waals surface area contributed by atoms with E-state index in [4.69, 9.17) is 0 Å². The van der Waals surface area contributed by atoms with E-state index >= 15 is 0 Å². The molecule has 0 saturated carbocycles. The van der Waals surface area contributed by atoms with Crippen LogP contribution in [-0.4, -0.2) is 0 Å². The second-order valence-electron chi connectivity index (χ2n) is 15.6. The van der Waals surface area contributed by atoms with E-state index in [0.29, 0.717) is 0 Å². The molecular formula is C55H38. The topological polar surface area (TPSA) is 0 Å². The molecule has 0 heteroatoms. The van der Waals surface area contributed by atoms with Crippen molar-refractivity contribution in [2.45, 2.75) is 19.3 Å². The minimum absolute atomic E-state index is 0.0947. The second-order valence-corrected chi connectivity index (χ2v) is 15.6. The van der Waals surface area contributed by atoms with Crippen LogP contribution in [0.5, 0.6) is 0 Å². The molecule has 0 radical (unpaired) electrons. The van der Waals surface area contributed by atoms with E-state index < -0.39 is 0 Å². The van der Waals surface area contributed by atoms with Crippen molar-refractivity contribution in [1.82, 2.24) is 0 Å². The predicted octanol–water partition coefficient (Wildman–Crippen LogP) is 15.3. The van der Waals surface area contributed by atoms with Gasteiger partial charge in [0, 0.05) is 5.41 Å². The Balaban J connectivity index is 1.26. The smallest absolute Gasteiger partial charge is 0.0159 e. The van der Waals surface area contributed by atoms with E-state index in [1.165, 1.54) is 110 Å². The van der Waals surface area contributed by atoms with Crippen molar-refractivity contribution in [3.8, 4) is 55.6 Å². The lowest BCUT2D eigenvalue weighted by molar-refractivity contribution is 0.660. The van der Waals surface area contributed by atoms with Gasteiger partial charge in [-0.05, 0) is 128 Å². The van der Waals surface area contributed by atoms with Gasteiger partial charge in [0.25, 0.3) is 0 Å². The quantitative estimate of drug-likeness (QED) is 0.161. The van der Waals surface area contributed by atoms with E-state index in [0.717, 1.165) is 0 Å². The van der Waals surface area contributed by atoms with Crippen LogP contribution in [0.15, 0.2) is 194 Å². The van der Waals surface area contributed by atoms with Crippen molar-refractivity contribution in [1.29, 1.82) is 0 Å². The average Bonchev–Trinajstić information content (AvgIpc) is 3.48. The van der Waals surface area contributed by atoms with Crippen molar-refractivity contribution < 1.29 is 0 Å². The lowest BCUT2D eigenvalue weighted by Crippen LogP contribution is -2.14. The zero-order valence-electron chi connectivity index (χ0n) is 31.0. The highest BCUT2D eigenvalue weighted by Crippen LogP contribution is 2.55. The fourth-order valence-electron chi connectivity index (χ4n) is 9.58. The third-order valence-corrected chi connectivity index (χ3v) is 12.2. The van der Waals surface area contributed by atoms with E-state index in [1.807, 2.05) is 0 Å². The lowest BCUT2D eigenvalue weighted by atomic mass is 9.80. The molecule has 258 valence electrons. The zero-order valence-corrected chi connectivity index (χ0v) is 31.0. The number of rotatable bonds is 4. The highest BCUT2D eigenvalue weighted by molar-refractivity contribution is 6.24. The molecule has 0 aromatic heterocycles. The van der Waals surface area contributed by atoms with E-state index in [1.54, 1.807) is 0 Å². The van der Waals surface area contributed by atoms with Crippen LogP contribution in [0.3, 0.4) is 0 Å². The van der Waals surface area contributed by atoms with Crippen LogP contribution in [0.25, 0.3) is 98.7 Å². The van der Waals surface area contributed by atoms with E-state index in [9.17, 15) is 0 Å². The third kappa shape index (κ3) is 4.85. The fraction of sp³-hybridized carbons (Fsp3) is 0.0545. The molecule has 11 rings (SSSR count). The average molecular weight is 699 g/mol. The van der Waals surface area contributed by atoms with Crippen LogP contribution in [0.4, 0.5) is 0 Å². The number of fused-ring (bicyclic) bond motifs is 7. The molecule has 0 heterocycles. The van der Waals surface area contributed by atoms with Crippen LogP contribution < -0.4 is 0 Å². The summed E-state index contributed by atoms with van der Waals surface area (Å²) >= 11 is 0. The first-order valence-electron chi connectivity index (χ1n) is 19.3. The summed E-state index contributed by atoms with van der Waals surface area (Å²) in [6.45, 7) is 4.75. The molecule has 10 aromatic rings. The molecule has 0 atom stereocenters. The van der Waals surface area contributed by atoms with Crippen LogP contribution >= 0.6 is 0 Å². The van der Waals surface area contributed by atoms with Gasteiger partial charge in [0.05, 0.1) is 0 Å². The Morgan fingerprint density at radius 1 is 0.273 bits per heavy atom. The molecule has 0 unspecified atom stereocenters. The maximum absolute atomic E-state index is 2.47. The van der Waals surface area contributed by atoms with Gasteiger partial charge in [-0.2, -0.15) is 0 Å². The molecule has 0 aliphatic heterocycles. The van der Waals surface area contributed by atoms with E-state index in [2.05, 4.69) is 208 Å². The molecule has 0 spiro atoms. The van der Waals surface area contributed by atoms with Gasteiger partial charge in [0.15, 0.2) is 0 Å². The number of benzene rings is 10. The van der Waals surface area contributed by atoms with Crippen LogP contribution in [0.1, 0.15) is 25.0 Å². The summed E-state index contributed by atoms with van der Waals surface area (Å²) in [7, 11) is 0. The van der Waals surface area contributed by atoms with Gasteiger partial charge in [0.1, 0.15) is 0 Å². The molecule has 0 nitrogen and oxygen atoms in total. The molecule has 55 heavy (non-hydrogen) atoms. The molecular weight excluding hydrogens is 661 g/mol. The predicted molar refractivity (Wildman–Crippen MR) is 236 cm³/mol. The first-order chi connectivity index (χ1) is 27.0. The maximum atomic E-state index is 2.47. The zero-order chi connectivity index (χ0) is 36.7. The fourth-order valence-corrected chi connectivity index (χ4v) is 9.58. The monoisotopic (exact) mass is 698 g/mol. The first kappa shape index (κ1) is 31.7. The summed E-state index contributed by atoms with van der Waals surface area (Å²) in [6.07, 6.45) is 0. The van der Waals surface area contributed by atoms with Gasteiger partial charge in [-0.25, -0.2) is 0 Å². The standard InChI is InChI=1S/C55H38/c1-55(2)50-24-12-11-22-47(50)54-48(23-13-25-51(54)55)53-45-21-10-9-20-44(45)52(43-19-8-7-18-42(43)41-29-27-36-15-4-6-17-38(36)33-41)46-31-30-40(34-49(46)53)39-28-26-35-14-3-5-16-37(35)32-39/h3-34H,1-2H3.